The molecule has 1 unspecified atom stereocenters. The van der Waals surface area contributed by atoms with Crippen molar-refractivity contribution in [3.05, 3.63) is 68.9 Å². The number of benzene rings is 2. The van der Waals surface area contributed by atoms with Gasteiger partial charge >= 0.3 is 0 Å². The van der Waals surface area contributed by atoms with E-state index in [4.69, 9.17) is 11.6 Å². The number of hydrogen-bond donors (Lipinski definition) is 1. The summed E-state index contributed by atoms with van der Waals surface area (Å²) in [5.74, 6) is 0.0206. The van der Waals surface area contributed by atoms with Crippen LogP contribution < -0.4 is 5.32 Å². The fraction of sp³-hybridized carbons (Fsp3) is 0.294. The number of likely N-dealkylation sites (N-methyl/N-ethyl adjacent to an activating group) is 1. The Labute approximate surface area is 138 Å². The van der Waals surface area contributed by atoms with Crippen molar-refractivity contribution >= 4 is 27.5 Å². The van der Waals surface area contributed by atoms with Crippen LogP contribution in [0.15, 0.2) is 46.9 Å². The Kier molecular flexibility index (Phi) is 6.22. The molecule has 0 radical (unpaired) electrons. The Morgan fingerprint density at radius 3 is 2.71 bits per heavy atom. The zero-order chi connectivity index (χ0) is 15.2. The molecule has 0 aromatic heterocycles. The van der Waals surface area contributed by atoms with Gasteiger partial charge < -0.3 is 5.32 Å². The van der Waals surface area contributed by atoms with Gasteiger partial charge in [-0.15, -0.1) is 0 Å². The van der Waals surface area contributed by atoms with Gasteiger partial charge in [0.1, 0.15) is 5.82 Å². The minimum absolute atomic E-state index is 0.173. The molecule has 0 aliphatic heterocycles. The molecule has 0 bridgehead atoms. The second-order valence-electron chi connectivity index (χ2n) is 5.00. The van der Waals surface area contributed by atoms with Crippen LogP contribution in [0, 0.1) is 5.82 Å². The lowest BCUT2D eigenvalue weighted by atomic mass is 9.91. The number of rotatable bonds is 6. The summed E-state index contributed by atoms with van der Waals surface area (Å²) in [6, 6.07) is 13.0. The summed E-state index contributed by atoms with van der Waals surface area (Å²) < 4.78 is 14.8. The van der Waals surface area contributed by atoms with Crippen molar-refractivity contribution in [1.29, 1.82) is 0 Å². The molecule has 1 N–H and O–H groups in total. The summed E-state index contributed by atoms with van der Waals surface area (Å²) in [4.78, 5) is 0. The van der Waals surface area contributed by atoms with E-state index >= 15 is 0 Å². The summed E-state index contributed by atoms with van der Waals surface area (Å²) in [6.07, 6.45) is 0.645. The summed E-state index contributed by atoms with van der Waals surface area (Å²) in [6.45, 7) is 3.75. The average Bonchev–Trinajstić information content (AvgIpc) is 2.45. The molecule has 0 aliphatic carbocycles. The van der Waals surface area contributed by atoms with Gasteiger partial charge in [0.05, 0.1) is 0 Å². The summed E-state index contributed by atoms with van der Waals surface area (Å²) in [5, 5.41) is 4.06. The predicted octanol–water partition coefficient (Wildman–Crippen LogP) is 5.18. The van der Waals surface area contributed by atoms with Crippen molar-refractivity contribution in [3.63, 3.8) is 0 Å². The van der Waals surface area contributed by atoms with Crippen LogP contribution in [0.4, 0.5) is 4.39 Å². The van der Waals surface area contributed by atoms with E-state index in [0.717, 1.165) is 28.7 Å². The van der Waals surface area contributed by atoms with Gasteiger partial charge in [-0.2, -0.15) is 0 Å². The van der Waals surface area contributed by atoms with Gasteiger partial charge in [0.2, 0.25) is 0 Å². The van der Waals surface area contributed by atoms with Gasteiger partial charge in [0, 0.05) is 22.0 Å². The van der Waals surface area contributed by atoms with Gasteiger partial charge in [-0.25, -0.2) is 4.39 Å². The Bertz CT molecular complexity index is 603. The fourth-order valence-corrected chi connectivity index (χ4v) is 2.87. The molecule has 0 amide bonds. The largest absolute Gasteiger partial charge is 0.316 e. The maximum atomic E-state index is 14.1. The Morgan fingerprint density at radius 1 is 1.24 bits per heavy atom. The Morgan fingerprint density at radius 2 is 2.05 bits per heavy atom. The molecular formula is C17H18BrClFN. The first-order valence-electron chi connectivity index (χ1n) is 7.00. The fourth-order valence-electron chi connectivity index (χ4n) is 2.34. The van der Waals surface area contributed by atoms with Gasteiger partial charge in [-0.1, -0.05) is 52.7 Å². The molecule has 112 valence electrons. The molecule has 2 aromatic rings. The predicted molar refractivity (Wildman–Crippen MR) is 90.5 cm³/mol. The lowest BCUT2D eigenvalue weighted by molar-refractivity contribution is 0.562. The summed E-state index contributed by atoms with van der Waals surface area (Å²) in [5.41, 5.74) is 1.85. The normalized spacial score (nSPS) is 12.4. The maximum absolute atomic E-state index is 14.1. The zero-order valence-electron chi connectivity index (χ0n) is 11.9. The first-order valence-corrected chi connectivity index (χ1v) is 8.17. The first kappa shape index (κ1) is 16.5. The number of nitrogens with one attached hydrogen (secondary N) is 1. The minimum Gasteiger partial charge on any atom is -0.316 e. The van der Waals surface area contributed by atoms with E-state index in [9.17, 15) is 4.39 Å². The third-order valence-electron chi connectivity index (χ3n) is 3.44. The van der Waals surface area contributed by atoms with Crippen molar-refractivity contribution in [2.24, 2.45) is 0 Å². The van der Waals surface area contributed by atoms with E-state index < -0.39 is 0 Å². The molecule has 2 rings (SSSR count). The van der Waals surface area contributed by atoms with Gasteiger partial charge in [-0.05, 0) is 48.4 Å². The Hall–Kier alpha value is -0.900. The molecule has 0 saturated heterocycles. The quantitative estimate of drug-likeness (QED) is 0.739. The van der Waals surface area contributed by atoms with Gasteiger partial charge in [0.25, 0.3) is 0 Å². The Balaban J connectivity index is 2.23. The van der Waals surface area contributed by atoms with E-state index in [0.29, 0.717) is 11.4 Å². The highest BCUT2D eigenvalue weighted by molar-refractivity contribution is 9.10. The smallest absolute Gasteiger partial charge is 0.127 e. The second-order valence-corrected chi connectivity index (χ2v) is 6.35. The maximum Gasteiger partial charge on any atom is 0.127 e. The molecule has 0 saturated carbocycles. The van der Waals surface area contributed by atoms with Crippen LogP contribution in [0.2, 0.25) is 5.02 Å². The average molecular weight is 371 g/mol. The topological polar surface area (TPSA) is 12.0 Å². The standard InChI is InChI=1S/C17H18BrClFN/c1-2-21-11-14(12-4-3-5-16(19)9-12)8-13-6-7-15(18)10-17(13)20/h3-7,9-10,14,21H,2,8,11H2,1H3. The summed E-state index contributed by atoms with van der Waals surface area (Å²) in [7, 11) is 0. The molecule has 21 heavy (non-hydrogen) atoms. The SMILES string of the molecule is CCNCC(Cc1ccc(Br)cc1F)c1cccc(Cl)c1. The van der Waals surface area contributed by atoms with Gasteiger partial charge in [-0.3, -0.25) is 0 Å². The molecule has 0 aliphatic rings. The monoisotopic (exact) mass is 369 g/mol. The van der Waals surface area contributed by atoms with Crippen LogP contribution in [-0.2, 0) is 6.42 Å². The molecule has 0 heterocycles. The van der Waals surface area contributed by atoms with Crippen LogP contribution in [0.5, 0.6) is 0 Å². The van der Waals surface area contributed by atoms with E-state index in [1.165, 1.54) is 6.07 Å². The molecule has 1 atom stereocenters. The molecule has 2 aromatic carbocycles. The van der Waals surface area contributed by atoms with E-state index in [-0.39, 0.29) is 11.7 Å². The third kappa shape index (κ3) is 4.80. The second kappa shape index (κ2) is 7.92. The number of halogens is 3. The van der Waals surface area contributed by atoms with Crippen LogP contribution in [0.3, 0.4) is 0 Å². The highest BCUT2D eigenvalue weighted by Gasteiger charge is 2.15. The first-order chi connectivity index (χ1) is 10.1. The van der Waals surface area contributed by atoms with Crippen molar-refractivity contribution in [2.45, 2.75) is 19.3 Å². The molecule has 1 nitrogen and oxygen atoms in total. The van der Waals surface area contributed by atoms with E-state index in [1.54, 1.807) is 0 Å². The lowest BCUT2D eigenvalue weighted by Gasteiger charge is -2.19. The highest BCUT2D eigenvalue weighted by Crippen LogP contribution is 2.25. The molecule has 0 fully saturated rings. The number of hydrogen-bond acceptors (Lipinski definition) is 1. The third-order valence-corrected chi connectivity index (χ3v) is 4.17. The highest BCUT2D eigenvalue weighted by atomic mass is 79.9. The van der Waals surface area contributed by atoms with Crippen molar-refractivity contribution in [1.82, 2.24) is 5.32 Å². The van der Waals surface area contributed by atoms with Crippen LogP contribution in [-0.4, -0.2) is 13.1 Å². The van der Waals surface area contributed by atoms with Crippen molar-refractivity contribution in [3.8, 4) is 0 Å². The van der Waals surface area contributed by atoms with Gasteiger partial charge in [0.15, 0.2) is 0 Å². The van der Waals surface area contributed by atoms with Crippen molar-refractivity contribution in [2.75, 3.05) is 13.1 Å². The summed E-state index contributed by atoms with van der Waals surface area (Å²) >= 11 is 9.37. The lowest BCUT2D eigenvalue weighted by Crippen LogP contribution is -2.23. The van der Waals surface area contributed by atoms with Crippen LogP contribution >= 0.6 is 27.5 Å². The van der Waals surface area contributed by atoms with Crippen molar-refractivity contribution < 1.29 is 4.39 Å². The van der Waals surface area contributed by atoms with E-state index in [1.807, 2.05) is 36.4 Å². The van der Waals surface area contributed by atoms with Crippen LogP contribution in [0.1, 0.15) is 24.0 Å². The molecule has 4 heteroatoms. The molecular weight excluding hydrogens is 353 g/mol. The van der Waals surface area contributed by atoms with E-state index in [2.05, 4.69) is 28.2 Å². The minimum atomic E-state index is -0.173. The van der Waals surface area contributed by atoms with Crippen LogP contribution in [0.25, 0.3) is 0 Å². The molecule has 0 spiro atoms. The zero-order valence-corrected chi connectivity index (χ0v) is 14.2.